The van der Waals surface area contributed by atoms with Crippen molar-refractivity contribution in [2.24, 2.45) is 5.92 Å². The largest absolute Gasteiger partial charge is 0.444 e. The zero-order valence-electron chi connectivity index (χ0n) is 11.4. The lowest BCUT2D eigenvalue weighted by Crippen LogP contribution is -2.50. The van der Waals surface area contributed by atoms with Crippen molar-refractivity contribution >= 4 is 11.9 Å². The molecule has 4 heteroatoms. The molecule has 17 heavy (non-hydrogen) atoms. The van der Waals surface area contributed by atoms with E-state index in [0.717, 1.165) is 12.8 Å². The molecule has 0 aromatic heterocycles. The van der Waals surface area contributed by atoms with Gasteiger partial charge in [0.2, 0.25) is 0 Å². The minimum atomic E-state index is -0.509. The minimum absolute atomic E-state index is 0.0930. The smallest absolute Gasteiger partial charge is 0.408 e. The van der Waals surface area contributed by atoms with Crippen molar-refractivity contribution < 1.29 is 14.3 Å². The number of hydrogen-bond donors (Lipinski definition) is 1. The minimum Gasteiger partial charge on any atom is -0.444 e. The van der Waals surface area contributed by atoms with E-state index in [-0.39, 0.29) is 5.78 Å². The van der Waals surface area contributed by atoms with Crippen LogP contribution in [0, 0.1) is 5.92 Å². The van der Waals surface area contributed by atoms with Crippen molar-refractivity contribution in [3.05, 3.63) is 0 Å². The summed E-state index contributed by atoms with van der Waals surface area (Å²) in [7, 11) is 0. The number of ketones is 1. The highest BCUT2D eigenvalue weighted by atomic mass is 16.6. The van der Waals surface area contributed by atoms with Crippen molar-refractivity contribution in [1.82, 2.24) is 5.32 Å². The van der Waals surface area contributed by atoms with Crippen LogP contribution in [0.1, 0.15) is 53.9 Å². The second kappa shape index (κ2) is 4.67. The monoisotopic (exact) mass is 241 g/mol. The fraction of sp³-hybridized carbons (Fsp3) is 0.846. The second-order valence-corrected chi connectivity index (χ2v) is 6.20. The molecule has 1 aliphatic carbocycles. The van der Waals surface area contributed by atoms with Gasteiger partial charge in [0.25, 0.3) is 0 Å². The van der Waals surface area contributed by atoms with Gasteiger partial charge in [-0.3, -0.25) is 4.79 Å². The summed E-state index contributed by atoms with van der Waals surface area (Å²) in [5.74, 6) is 0.495. The molecule has 0 saturated heterocycles. The van der Waals surface area contributed by atoms with Crippen LogP contribution in [0.4, 0.5) is 4.79 Å². The van der Waals surface area contributed by atoms with Crippen LogP contribution in [0.2, 0.25) is 0 Å². The molecule has 1 aliphatic rings. The van der Waals surface area contributed by atoms with Crippen molar-refractivity contribution in [2.45, 2.75) is 65.0 Å². The number of carbonyl (C=O) groups is 2. The predicted octanol–water partition coefficient (Wildman–Crippen LogP) is 2.66. The number of amides is 1. The van der Waals surface area contributed by atoms with Gasteiger partial charge in [-0.25, -0.2) is 4.79 Å². The second-order valence-electron chi connectivity index (χ2n) is 6.20. The highest BCUT2D eigenvalue weighted by Gasteiger charge is 2.43. The van der Waals surface area contributed by atoms with E-state index < -0.39 is 17.2 Å². The standard InChI is InChI=1S/C13H23NO3/c1-9(15)8-13(5,10-6-7-10)14-11(16)17-12(2,3)4/h10H,6-8H2,1-5H3,(H,14,16). The summed E-state index contributed by atoms with van der Waals surface area (Å²) in [5.41, 5.74) is -0.959. The zero-order valence-corrected chi connectivity index (χ0v) is 11.4. The molecule has 1 unspecified atom stereocenters. The predicted molar refractivity (Wildman–Crippen MR) is 65.8 cm³/mol. The summed E-state index contributed by atoms with van der Waals surface area (Å²) >= 11 is 0. The summed E-state index contributed by atoms with van der Waals surface area (Å²) in [6.45, 7) is 8.96. The Morgan fingerprint density at radius 1 is 1.24 bits per heavy atom. The molecule has 1 rings (SSSR count). The lowest BCUT2D eigenvalue weighted by molar-refractivity contribution is -0.118. The first-order valence-corrected chi connectivity index (χ1v) is 6.13. The third-order valence-electron chi connectivity index (χ3n) is 2.88. The summed E-state index contributed by atoms with van der Waals surface area (Å²) in [6, 6.07) is 0. The molecule has 0 heterocycles. The van der Waals surface area contributed by atoms with Gasteiger partial charge in [-0.1, -0.05) is 0 Å². The van der Waals surface area contributed by atoms with Gasteiger partial charge >= 0.3 is 6.09 Å². The summed E-state index contributed by atoms with van der Waals surface area (Å²) in [5, 5.41) is 2.86. The third kappa shape index (κ3) is 4.75. The highest BCUT2D eigenvalue weighted by molar-refractivity contribution is 5.78. The Bertz CT molecular complexity index is 315. The normalized spacial score (nSPS) is 19.4. The number of ether oxygens (including phenoxy) is 1. The zero-order chi connectivity index (χ0) is 13.3. The van der Waals surface area contributed by atoms with Gasteiger partial charge in [-0.05, 0) is 53.4 Å². The Hall–Kier alpha value is -1.06. The van der Waals surface area contributed by atoms with E-state index in [1.807, 2.05) is 27.7 Å². The van der Waals surface area contributed by atoms with Crippen LogP contribution in [-0.4, -0.2) is 23.0 Å². The molecule has 4 nitrogen and oxygen atoms in total. The SMILES string of the molecule is CC(=O)CC(C)(NC(=O)OC(C)(C)C)C1CC1. The maximum atomic E-state index is 11.7. The summed E-state index contributed by atoms with van der Waals surface area (Å²) < 4.78 is 5.23. The van der Waals surface area contributed by atoms with Gasteiger partial charge < -0.3 is 10.1 Å². The Balaban J connectivity index is 2.61. The Kier molecular flexibility index (Phi) is 3.84. The number of carbonyl (C=O) groups excluding carboxylic acids is 2. The quantitative estimate of drug-likeness (QED) is 0.823. The Morgan fingerprint density at radius 2 is 1.76 bits per heavy atom. The molecular formula is C13H23NO3. The molecule has 0 aliphatic heterocycles. The van der Waals surface area contributed by atoms with Crippen LogP contribution in [0.15, 0.2) is 0 Å². The fourth-order valence-electron chi connectivity index (χ4n) is 2.06. The lowest BCUT2D eigenvalue weighted by atomic mass is 9.90. The van der Waals surface area contributed by atoms with Gasteiger partial charge in [0.05, 0.1) is 5.54 Å². The molecule has 1 saturated carbocycles. The van der Waals surface area contributed by atoms with Crippen LogP contribution in [0.3, 0.4) is 0 Å². The van der Waals surface area contributed by atoms with Crippen molar-refractivity contribution in [1.29, 1.82) is 0 Å². The van der Waals surface area contributed by atoms with E-state index in [4.69, 9.17) is 4.74 Å². The Labute approximate surface area is 103 Å². The van der Waals surface area contributed by atoms with Gasteiger partial charge in [0.1, 0.15) is 11.4 Å². The van der Waals surface area contributed by atoms with Gasteiger partial charge in [0, 0.05) is 6.42 Å². The van der Waals surface area contributed by atoms with E-state index in [9.17, 15) is 9.59 Å². The van der Waals surface area contributed by atoms with Crippen molar-refractivity contribution in [3.8, 4) is 0 Å². The van der Waals surface area contributed by atoms with E-state index >= 15 is 0 Å². The maximum absolute atomic E-state index is 11.7. The first-order valence-electron chi connectivity index (χ1n) is 6.13. The number of nitrogens with one attached hydrogen (secondary N) is 1. The number of hydrogen-bond acceptors (Lipinski definition) is 3. The first-order chi connectivity index (χ1) is 7.62. The highest BCUT2D eigenvalue weighted by Crippen LogP contribution is 2.41. The van der Waals surface area contributed by atoms with Gasteiger partial charge in [0.15, 0.2) is 0 Å². The first kappa shape index (κ1) is 14.0. The molecule has 0 spiro atoms. The van der Waals surface area contributed by atoms with Crippen LogP contribution in [-0.2, 0) is 9.53 Å². The summed E-state index contributed by atoms with van der Waals surface area (Å²) in [6.07, 6.45) is 2.07. The van der Waals surface area contributed by atoms with Gasteiger partial charge in [-0.2, -0.15) is 0 Å². The molecule has 1 N–H and O–H groups in total. The van der Waals surface area contributed by atoms with E-state index in [2.05, 4.69) is 5.32 Å². The number of rotatable bonds is 4. The van der Waals surface area contributed by atoms with E-state index in [1.165, 1.54) is 0 Å². The maximum Gasteiger partial charge on any atom is 0.408 e. The molecule has 0 bridgehead atoms. The third-order valence-corrected chi connectivity index (χ3v) is 2.88. The molecule has 1 fully saturated rings. The van der Waals surface area contributed by atoms with E-state index in [0.29, 0.717) is 12.3 Å². The van der Waals surface area contributed by atoms with Crippen molar-refractivity contribution in [2.75, 3.05) is 0 Å². The van der Waals surface area contributed by atoms with Crippen molar-refractivity contribution in [3.63, 3.8) is 0 Å². The molecule has 0 aromatic rings. The lowest BCUT2D eigenvalue weighted by Gasteiger charge is -2.31. The average molecular weight is 241 g/mol. The molecule has 0 aromatic carbocycles. The van der Waals surface area contributed by atoms with Crippen LogP contribution >= 0.6 is 0 Å². The molecule has 0 radical (unpaired) electrons. The molecular weight excluding hydrogens is 218 g/mol. The fourth-order valence-corrected chi connectivity index (χ4v) is 2.06. The molecule has 98 valence electrons. The topological polar surface area (TPSA) is 55.4 Å². The Morgan fingerprint density at radius 3 is 2.12 bits per heavy atom. The van der Waals surface area contributed by atoms with Crippen LogP contribution in [0.25, 0.3) is 0 Å². The summed E-state index contributed by atoms with van der Waals surface area (Å²) in [4.78, 5) is 23.0. The molecule has 1 amide bonds. The number of alkyl carbamates (subject to hydrolysis) is 1. The van der Waals surface area contributed by atoms with E-state index in [1.54, 1.807) is 6.92 Å². The number of Topliss-reactive ketones (excluding diaryl/α,β-unsaturated/α-hetero) is 1. The average Bonchev–Trinajstić information content (AvgIpc) is 2.77. The van der Waals surface area contributed by atoms with Gasteiger partial charge in [-0.15, -0.1) is 0 Å². The van der Waals surface area contributed by atoms with Crippen LogP contribution < -0.4 is 5.32 Å². The van der Waals surface area contributed by atoms with Crippen LogP contribution in [0.5, 0.6) is 0 Å². The molecule has 1 atom stereocenters.